The topological polar surface area (TPSA) is 47.1 Å². The van der Waals surface area contributed by atoms with Crippen molar-refractivity contribution in [2.45, 2.75) is 40.2 Å². The number of fused-ring (bicyclic) bond motifs is 1. The molecule has 116 valence electrons. The molecule has 2 N–H and O–H groups in total. The highest BCUT2D eigenvalue weighted by Crippen LogP contribution is 2.26. The zero-order valence-electron chi connectivity index (χ0n) is 14.0. The molecule has 0 unspecified atom stereocenters. The van der Waals surface area contributed by atoms with Crippen molar-refractivity contribution < 1.29 is 0 Å². The molecule has 2 rings (SSSR count). The number of nitrogen functional groups attached to an aromatic ring is 1. The van der Waals surface area contributed by atoms with E-state index in [1.165, 1.54) is 11.3 Å². The molecule has 1 aromatic carbocycles. The van der Waals surface area contributed by atoms with Crippen LogP contribution in [-0.4, -0.2) is 35.1 Å². The van der Waals surface area contributed by atoms with Crippen molar-refractivity contribution in [2.75, 3.05) is 26.4 Å². The molecular formula is C17H28N4. The van der Waals surface area contributed by atoms with E-state index in [2.05, 4.69) is 50.4 Å². The van der Waals surface area contributed by atoms with Crippen molar-refractivity contribution >= 4 is 16.7 Å². The molecule has 0 fully saturated rings. The van der Waals surface area contributed by atoms with Crippen LogP contribution in [0.1, 0.15) is 33.0 Å². The van der Waals surface area contributed by atoms with Crippen molar-refractivity contribution in [3.63, 3.8) is 0 Å². The molecule has 0 aliphatic heterocycles. The minimum Gasteiger partial charge on any atom is -0.399 e. The first kappa shape index (κ1) is 15.8. The van der Waals surface area contributed by atoms with Gasteiger partial charge in [0.25, 0.3) is 0 Å². The van der Waals surface area contributed by atoms with Crippen LogP contribution < -0.4 is 5.73 Å². The van der Waals surface area contributed by atoms with Crippen LogP contribution in [0.3, 0.4) is 0 Å². The second-order valence-corrected chi connectivity index (χ2v) is 7.01. The number of hydrogen-bond donors (Lipinski definition) is 1. The van der Waals surface area contributed by atoms with E-state index in [0.717, 1.165) is 37.1 Å². The molecule has 0 radical (unpaired) electrons. The Hall–Kier alpha value is -1.55. The molecule has 0 saturated heterocycles. The van der Waals surface area contributed by atoms with Gasteiger partial charge in [-0.15, -0.1) is 0 Å². The highest BCUT2D eigenvalue weighted by atomic mass is 15.1. The minimum absolute atomic E-state index is 0.195. The van der Waals surface area contributed by atoms with Gasteiger partial charge < -0.3 is 15.2 Å². The molecule has 4 nitrogen and oxygen atoms in total. The van der Waals surface area contributed by atoms with E-state index < -0.39 is 0 Å². The third kappa shape index (κ3) is 3.76. The van der Waals surface area contributed by atoms with Gasteiger partial charge >= 0.3 is 0 Å². The fourth-order valence-electron chi connectivity index (χ4n) is 3.12. The molecule has 0 saturated carbocycles. The first-order chi connectivity index (χ1) is 9.82. The number of rotatable bonds is 6. The Labute approximate surface area is 128 Å². The van der Waals surface area contributed by atoms with Gasteiger partial charge in [-0.2, -0.15) is 0 Å². The predicted octanol–water partition coefficient (Wildman–Crippen LogP) is 3.16. The summed E-state index contributed by atoms with van der Waals surface area (Å²) in [5, 5.41) is 0. The van der Waals surface area contributed by atoms with Gasteiger partial charge in [-0.25, -0.2) is 4.98 Å². The molecule has 1 heterocycles. The summed E-state index contributed by atoms with van der Waals surface area (Å²) in [6.45, 7) is 8.84. The van der Waals surface area contributed by atoms with E-state index in [-0.39, 0.29) is 5.41 Å². The number of anilines is 1. The van der Waals surface area contributed by atoms with Crippen LogP contribution in [0, 0.1) is 5.41 Å². The molecule has 0 amide bonds. The summed E-state index contributed by atoms with van der Waals surface area (Å²) in [5.41, 5.74) is 9.08. The maximum absolute atomic E-state index is 5.89. The molecule has 2 aromatic rings. The summed E-state index contributed by atoms with van der Waals surface area (Å²) in [4.78, 5) is 7.04. The Kier molecular flexibility index (Phi) is 4.57. The van der Waals surface area contributed by atoms with E-state index >= 15 is 0 Å². The lowest BCUT2D eigenvalue weighted by atomic mass is 9.92. The summed E-state index contributed by atoms with van der Waals surface area (Å²) < 4.78 is 2.38. The van der Waals surface area contributed by atoms with Crippen molar-refractivity contribution in [3.05, 3.63) is 24.0 Å². The Morgan fingerprint density at radius 3 is 2.62 bits per heavy atom. The van der Waals surface area contributed by atoms with Crippen LogP contribution in [0.15, 0.2) is 18.2 Å². The smallest absolute Gasteiger partial charge is 0.109 e. The fourth-order valence-corrected chi connectivity index (χ4v) is 3.12. The summed E-state index contributed by atoms with van der Waals surface area (Å²) in [6, 6.07) is 6.04. The van der Waals surface area contributed by atoms with Crippen LogP contribution >= 0.6 is 0 Å². The third-order valence-corrected chi connectivity index (χ3v) is 3.66. The maximum Gasteiger partial charge on any atom is 0.109 e. The SMILES string of the molecule is CCCc1nc2cc(N)ccc2n1CC(C)(C)CN(C)C. The average molecular weight is 288 g/mol. The Morgan fingerprint density at radius 1 is 1.29 bits per heavy atom. The van der Waals surface area contributed by atoms with Gasteiger partial charge in [-0.05, 0) is 44.1 Å². The molecule has 0 atom stereocenters. The van der Waals surface area contributed by atoms with Crippen LogP contribution in [0.25, 0.3) is 11.0 Å². The van der Waals surface area contributed by atoms with E-state index in [0.29, 0.717) is 0 Å². The molecule has 4 heteroatoms. The van der Waals surface area contributed by atoms with E-state index in [4.69, 9.17) is 10.7 Å². The Balaban J connectivity index is 2.42. The molecule has 0 spiro atoms. The van der Waals surface area contributed by atoms with Crippen molar-refractivity contribution in [1.82, 2.24) is 14.5 Å². The van der Waals surface area contributed by atoms with Crippen LogP contribution in [0.5, 0.6) is 0 Å². The zero-order chi connectivity index (χ0) is 15.6. The summed E-state index contributed by atoms with van der Waals surface area (Å²) in [5.74, 6) is 1.17. The van der Waals surface area contributed by atoms with Crippen LogP contribution in [0.4, 0.5) is 5.69 Å². The van der Waals surface area contributed by atoms with E-state index in [9.17, 15) is 0 Å². The van der Waals surface area contributed by atoms with Crippen molar-refractivity contribution in [2.24, 2.45) is 5.41 Å². The highest BCUT2D eigenvalue weighted by Gasteiger charge is 2.22. The monoisotopic (exact) mass is 288 g/mol. The fraction of sp³-hybridized carbons (Fsp3) is 0.588. The summed E-state index contributed by atoms with van der Waals surface area (Å²) in [6.07, 6.45) is 2.11. The number of hydrogen-bond acceptors (Lipinski definition) is 3. The quantitative estimate of drug-likeness (QED) is 0.831. The summed E-state index contributed by atoms with van der Waals surface area (Å²) in [7, 11) is 4.25. The Morgan fingerprint density at radius 2 is 2.00 bits per heavy atom. The van der Waals surface area contributed by atoms with Crippen molar-refractivity contribution in [3.8, 4) is 0 Å². The number of nitrogens with zero attached hydrogens (tertiary/aromatic N) is 3. The highest BCUT2D eigenvalue weighted by molar-refractivity contribution is 5.79. The van der Waals surface area contributed by atoms with Crippen LogP contribution in [0.2, 0.25) is 0 Å². The van der Waals surface area contributed by atoms with Gasteiger partial charge in [0.1, 0.15) is 5.82 Å². The van der Waals surface area contributed by atoms with Crippen LogP contribution in [-0.2, 0) is 13.0 Å². The molecule has 0 aliphatic carbocycles. The first-order valence-corrected chi connectivity index (χ1v) is 7.72. The lowest BCUT2D eigenvalue weighted by Crippen LogP contribution is -2.32. The molecule has 1 aromatic heterocycles. The summed E-state index contributed by atoms with van der Waals surface area (Å²) >= 11 is 0. The van der Waals surface area contributed by atoms with E-state index in [1.54, 1.807) is 0 Å². The lowest BCUT2D eigenvalue weighted by Gasteiger charge is -2.29. The van der Waals surface area contributed by atoms with Gasteiger partial charge in [0.05, 0.1) is 11.0 Å². The van der Waals surface area contributed by atoms with Gasteiger partial charge in [0.15, 0.2) is 0 Å². The Bertz CT molecular complexity index is 611. The zero-order valence-corrected chi connectivity index (χ0v) is 14.0. The largest absolute Gasteiger partial charge is 0.399 e. The third-order valence-electron chi connectivity index (χ3n) is 3.66. The maximum atomic E-state index is 5.89. The number of imidazole rings is 1. The first-order valence-electron chi connectivity index (χ1n) is 7.72. The lowest BCUT2D eigenvalue weighted by molar-refractivity contribution is 0.211. The van der Waals surface area contributed by atoms with Gasteiger partial charge in [0, 0.05) is 25.2 Å². The van der Waals surface area contributed by atoms with E-state index in [1.807, 2.05) is 12.1 Å². The van der Waals surface area contributed by atoms with Gasteiger partial charge in [0.2, 0.25) is 0 Å². The van der Waals surface area contributed by atoms with Crippen molar-refractivity contribution in [1.29, 1.82) is 0 Å². The molecular weight excluding hydrogens is 260 g/mol. The number of nitrogens with two attached hydrogens (primary N) is 1. The number of aryl methyl sites for hydroxylation is 1. The second kappa shape index (κ2) is 6.06. The molecule has 21 heavy (non-hydrogen) atoms. The second-order valence-electron chi connectivity index (χ2n) is 7.01. The normalized spacial score (nSPS) is 12.5. The minimum atomic E-state index is 0.195. The number of benzene rings is 1. The van der Waals surface area contributed by atoms with Gasteiger partial charge in [-0.1, -0.05) is 20.8 Å². The average Bonchev–Trinajstić information content (AvgIpc) is 2.64. The predicted molar refractivity (Wildman–Crippen MR) is 90.5 cm³/mol. The molecule has 0 aliphatic rings. The van der Waals surface area contributed by atoms with Gasteiger partial charge in [-0.3, -0.25) is 0 Å². The number of aromatic nitrogens is 2. The standard InChI is InChI=1S/C17H28N4/c1-6-7-16-19-14-10-13(18)8-9-15(14)21(16)12-17(2,3)11-20(4)5/h8-10H,6-7,11-12,18H2,1-5H3. The molecule has 0 bridgehead atoms.